The highest BCUT2D eigenvalue weighted by atomic mass is 35.5. The molecule has 29 heavy (non-hydrogen) atoms. The Labute approximate surface area is 178 Å². The standard InChI is InChI=1S/C23H21ClN2O2S/c1-14-6-7-15(2)17(11-14)12-20(27)26(13-18-5-4-10-28-18)23-25-21-16(3)8-9-19(24)22(21)29-23/h4-11H,12-13H2,1-3H3. The molecular formula is C23H21ClN2O2S. The molecule has 0 saturated heterocycles. The van der Waals surface area contributed by atoms with E-state index in [2.05, 4.69) is 18.2 Å². The molecule has 4 rings (SSSR count). The van der Waals surface area contributed by atoms with Gasteiger partial charge in [-0.25, -0.2) is 4.98 Å². The van der Waals surface area contributed by atoms with Crippen LogP contribution < -0.4 is 4.90 Å². The molecule has 0 atom stereocenters. The molecule has 0 bridgehead atoms. The summed E-state index contributed by atoms with van der Waals surface area (Å²) in [5, 5.41) is 1.28. The zero-order valence-corrected chi connectivity index (χ0v) is 18.1. The van der Waals surface area contributed by atoms with Crippen molar-refractivity contribution in [2.24, 2.45) is 0 Å². The number of thiazole rings is 1. The number of anilines is 1. The predicted octanol–water partition coefficient (Wildman–Crippen LogP) is 6.24. The van der Waals surface area contributed by atoms with Crippen LogP contribution in [0, 0.1) is 20.8 Å². The third kappa shape index (κ3) is 4.07. The van der Waals surface area contributed by atoms with Crippen LogP contribution in [0.5, 0.6) is 0 Å². The fourth-order valence-electron chi connectivity index (χ4n) is 3.28. The number of halogens is 1. The predicted molar refractivity (Wildman–Crippen MR) is 119 cm³/mol. The van der Waals surface area contributed by atoms with Gasteiger partial charge in [0.2, 0.25) is 5.91 Å². The number of nitrogens with zero attached hydrogens (tertiary/aromatic N) is 2. The number of hydrogen-bond acceptors (Lipinski definition) is 4. The monoisotopic (exact) mass is 424 g/mol. The number of hydrogen-bond donors (Lipinski definition) is 0. The first-order chi connectivity index (χ1) is 13.9. The lowest BCUT2D eigenvalue weighted by Crippen LogP contribution is -2.31. The van der Waals surface area contributed by atoms with E-state index in [-0.39, 0.29) is 5.91 Å². The van der Waals surface area contributed by atoms with Crippen LogP contribution in [0.4, 0.5) is 5.13 Å². The quantitative estimate of drug-likeness (QED) is 0.380. The molecule has 0 aliphatic carbocycles. The second kappa shape index (κ2) is 8.01. The van der Waals surface area contributed by atoms with Crippen LogP contribution in [-0.4, -0.2) is 10.9 Å². The maximum Gasteiger partial charge on any atom is 0.233 e. The van der Waals surface area contributed by atoms with Gasteiger partial charge in [-0.2, -0.15) is 0 Å². The SMILES string of the molecule is Cc1ccc(C)c(CC(=O)N(Cc2ccco2)c2nc3c(C)ccc(Cl)c3s2)c1. The molecule has 0 saturated carbocycles. The largest absolute Gasteiger partial charge is 0.467 e. The summed E-state index contributed by atoms with van der Waals surface area (Å²) in [6.45, 7) is 6.39. The number of furan rings is 1. The first-order valence-corrected chi connectivity index (χ1v) is 10.6. The zero-order chi connectivity index (χ0) is 20.5. The Bertz CT molecular complexity index is 1140. The van der Waals surface area contributed by atoms with Gasteiger partial charge in [0.05, 0.1) is 34.5 Å². The summed E-state index contributed by atoms with van der Waals surface area (Å²) < 4.78 is 6.40. The number of carbonyl (C=O) groups excluding carboxylic acids is 1. The van der Waals surface area contributed by atoms with Crippen molar-refractivity contribution >= 4 is 44.2 Å². The molecule has 2 aromatic carbocycles. The zero-order valence-electron chi connectivity index (χ0n) is 16.5. The van der Waals surface area contributed by atoms with Gasteiger partial charge in [-0.05, 0) is 55.7 Å². The van der Waals surface area contributed by atoms with Crippen LogP contribution in [-0.2, 0) is 17.8 Å². The second-order valence-electron chi connectivity index (χ2n) is 7.20. The average Bonchev–Trinajstić information content (AvgIpc) is 3.36. The average molecular weight is 425 g/mol. The lowest BCUT2D eigenvalue weighted by Gasteiger charge is -2.19. The van der Waals surface area contributed by atoms with Crippen molar-refractivity contribution in [2.45, 2.75) is 33.7 Å². The Morgan fingerprint density at radius 3 is 2.66 bits per heavy atom. The van der Waals surface area contributed by atoms with Gasteiger partial charge in [0.1, 0.15) is 5.76 Å². The molecule has 0 N–H and O–H groups in total. The van der Waals surface area contributed by atoms with Crippen molar-refractivity contribution in [2.75, 3.05) is 4.90 Å². The van der Waals surface area contributed by atoms with Gasteiger partial charge in [-0.15, -0.1) is 0 Å². The minimum Gasteiger partial charge on any atom is -0.467 e. The Morgan fingerprint density at radius 2 is 1.93 bits per heavy atom. The molecule has 0 spiro atoms. The molecule has 4 nitrogen and oxygen atoms in total. The summed E-state index contributed by atoms with van der Waals surface area (Å²) in [7, 11) is 0. The van der Waals surface area contributed by atoms with E-state index in [0.717, 1.165) is 32.5 Å². The second-order valence-corrected chi connectivity index (χ2v) is 8.59. The van der Waals surface area contributed by atoms with Gasteiger partial charge in [0.25, 0.3) is 0 Å². The fraction of sp³-hybridized carbons (Fsp3) is 0.217. The summed E-state index contributed by atoms with van der Waals surface area (Å²) >= 11 is 7.82. The minimum atomic E-state index is -0.0251. The van der Waals surface area contributed by atoms with Gasteiger partial charge < -0.3 is 4.42 Å². The number of aromatic nitrogens is 1. The van der Waals surface area contributed by atoms with E-state index in [1.807, 2.05) is 45.0 Å². The molecule has 0 fully saturated rings. The van der Waals surface area contributed by atoms with Crippen LogP contribution in [0.3, 0.4) is 0 Å². The third-order valence-corrected chi connectivity index (χ3v) is 6.50. The molecule has 2 aromatic heterocycles. The van der Waals surface area contributed by atoms with Crippen LogP contribution >= 0.6 is 22.9 Å². The lowest BCUT2D eigenvalue weighted by molar-refractivity contribution is -0.118. The van der Waals surface area contributed by atoms with Crippen molar-refractivity contribution < 1.29 is 9.21 Å². The smallest absolute Gasteiger partial charge is 0.233 e. The number of aryl methyl sites for hydroxylation is 3. The van der Waals surface area contributed by atoms with Crippen LogP contribution in [0.15, 0.2) is 53.1 Å². The van der Waals surface area contributed by atoms with Crippen molar-refractivity contribution in [1.29, 1.82) is 0 Å². The molecule has 148 valence electrons. The Kier molecular flexibility index (Phi) is 5.43. The number of rotatable bonds is 5. The van der Waals surface area contributed by atoms with Crippen molar-refractivity contribution in [3.8, 4) is 0 Å². The Hall–Kier alpha value is -2.63. The van der Waals surface area contributed by atoms with Crippen LogP contribution in [0.1, 0.15) is 28.0 Å². The Balaban J connectivity index is 1.73. The molecule has 0 aliphatic rings. The minimum absolute atomic E-state index is 0.0251. The van der Waals surface area contributed by atoms with Crippen LogP contribution in [0.2, 0.25) is 5.02 Å². The molecule has 6 heteroatoms. The van der Waals surface area contributed by atoms with E-state index in [1.165, 1.54) is 11.3 Å². The normalized spacial score (nSPS) is 11.2. The third-order valence-electron chi connectivity index (χ3n) is 4.96. The van der Waals surface area contributed by atoms with Crippen molar-refractivity contribution in [1.82, 2.24) is 4.98 Å². The van der Waals surface area contributed by atoms with Crippen molar-refractivity contribution in [3.63, 3.8) is 0 Å². The van der Waals surface area contributed by atoms with E-state index in [9.17, 15) is 4.79 Å². The van der Waals surface area contributed by atoms with Crippen LogP contribution in [0.25, 0.3) is 10.2 Å². The molecule has 0 unspecified atom stereocenters. The molecule has 0 aliphatic heterocycles. The molecular weight excluding hydrogens is 404 g/mol. The lowest BCUT2D eigenvalue weighted by atomic mass is 10.0. The highest BCUT2D eigenvalue weighted by Gasteiger charge is 2.23. The summed E-state index contributed by atoms with van der Waals surface area (Å²) in [5.41, 5.74) is 5.13. The van der Waals surface area contributed by atoms with Crippen molar-refractivity contribution in [3.05, 3.63) is 81.8 Å². The van der Waals surface area contributed by atoms with E-state index in [0.29, 0.717) is 28.9 Å². The molecule has 4 aromatic rings. The number of amides is 1. The topological polar surface area (TPSA) is 46.3 Å². The molecule has 1 amide bonds. The fourth-order valence-corrected chi connectivity index (χ4v) is 4.61. The molecule has 2 heterocycles. The summed E-state index contributed by atoms with van der Waals surface area (Å²) in [5.74, 6) is 0.685. The molecule has 0 radical (unpaired) electrons. The number of carbonyl (C=O) groups is 1. The summed E-state index contributed by atoms with van der Waals surface area (Å²) in [4.78, 5) is 19.8. The van der Waals surface area contributed by atoms with E-state index < -0.39 is 0 Å². The van der Waals surface area contributed by atoms with Gasteiger partial charge in [-0.1, -0.05) is 52.8 Å². The summed E-state index contributed by atoms with van der Waals surface area (Å²) in [6, 6.07) is 13.7. The Morgan fingerprint density at radius 1 is 1.14 bits per heavy atom. The number of fused-ring (bicyclic) bond motifs is 1. The van der Waals surface area contributed by atoms with Gasteiger partial charge >= 0.3 is 0 Å². The maximum atomic E-state index is 13.4. The van der Waals surface area contributed by atoms with Gasteiger partial charge in [-0.3, -0.25) is 9.69 Å². The maximum absolute atomic E-state index is 13.4. The highest BCUT2D eigenvalue weighted by molar-refractivity contribution is 7.23. The first-order valence-electron chi connectivity index (χ1n) is 9.37. The van der Waals surface area contributed by atoms with E-state index in [1.54, 1.807) is 11.2 Å². The number of benzene rings is 2. The van der Waals surface area contributed by atoms with Gasteiger partial charge in [0.15, 0.2) is 5.13 Å². The summed E-state index contributed by atoms with van der Waals surface area (Å²) in [6.07, 6.45) is 1.92. The first kappa shape index (κ1) is 19.7. The highest BCUT2D eigenvalue weighted by Crippen LogP contribution is 2.36. The van der Waals surface area contributed by atoms with E-state index in [4.69, 9.17) is 21.0 Å². The van der Waals surface area contributed by atoms with Gasteiger partial charge in [0, 0.05) is 0 Å². The van der Waals surface area contributed by atoms with E-state index >= 15 is 0 Å².